The predicted molar refractivity (Wildman–Crippen MR) is 75.9 cm³/mol. The summed E-state index contributed by atoms with van der Waals surface area (Å²) in [5.74, 6) is 0.540. The number of aryl methyl sites for hydroxylation is 1. The van der Waals surface area contributed by atoms with E-state index in [1.165, 1.54) is 0 Å². The topological polar surface area (TPSA) is 67.4 Å². The lowest BCUT2D eigenvalue weighted by atomic mass is 10.1. The van der Waals surface area contributed by atoms with E-state index in [2.05, 4.69) is 10.6 Å². The van der Waals surface area contributed by atoms with Gasteiger partial charge in [-0.3, -0.25) is 9.59 Å². The average Bonchev–Trinajstić information content (AvgIpc) is 2.91. The van der Waals surface area contributed by atoms with Gasteiger partial charge in [-0.2, -0.15) is 0 Å². The van der Waals surface area contributed by atoms with Gasteiger partial charge in [0.25, 0.3) is 5.91 Å². The third kappa shape index (κ3) is 2.48. The van der Waals surface area contributed by atoms with Crippen LogP contribution in [-0.4, -0.2) is 18.4 Å². The Morgan fingerprint density at radius 2 is 2.10 bits per heavy atom. The SMILES string of the molecule is Cc1cc2c(c(NC(=O)C3CCCC3)c1)OCC(=O)N2. The molecule has 1 aliphatic carbocycles. The van der Waals surface area contributed by atoms with Gasteiger partial charge < -0.3 is 15.4 Å². The summed E-state index contributed by atoms with van der Waals surface area (Å²) >= 11 is 0. The van der Waals surface area contributed by atoms with Crippen LogP contribution in [0, 0.1) is 12.8 Å². The van der Waals surface area contributed by atoms with Gasteiger partial charge in [-0.05, 0) is 37.5 Å². The highest BCUT2D eigenvalue weighted by molar-refractivity contribution is 6.00. The molecule has 0 spiro atoms. The van der Waals surface area contributed by atoms with Gasteiger partial charge in [0, 0.05) is 5.92 Å². The van der Waals surface area contributed by atoms with Gasteiger partial charge >= 0.3 is 0 Å². The number of amides is 2. The van der Waals surface area contributed by atoms with Gasteiger partial charge in [0.15, 0.2) is 12.4 Å². The zero-order valence-electron chi connectivity index (χ0n) is 11.5. The lowest BCUT2D eigenvalue weighted by Gasteiger charge is -2.22. The summed E-state index contributed by atoms with van der Waals surface area (Å²) in [6.45, 7) is 1.91. The Morgan fingerprint density at radius 3 is 2.85 bits per heavy atom. The molecule has 1 aliphatic heterocycles. The minimum Gasteiger partial charge on any atom is -0.479 e. The number of hydrogen-bond acceptors (Lipinski definition) is 3. The quantitative estimate of drug-likeness (QED) is 0.870. The lowest BCUT2D eigenvalue weighted by Crippen LogP contribution is -2.27. The van der Waals surface area contributed by atoms with E-state index in [0.29, 0.717) is 17.1 Å². The maximum absolute atomic E-state index is 12.2. The zero-order valence-corrected chi connectivity index (χ0v) is 11.5. The molecule has 1 aromatic rings. The fourth-order valence-electron chi connectivity index (χ4n) is 2.86. The fraction of sp³-hybridized carbons (Fsp3) is 0.467. The molecule has 5 nitrogen and oxygen atoms in total. The van der Waals surface area contributed by atoms with Crippen molar-refractivity contribution in [2.24, 2.45) is 5.92 Å². The summed E-state index contributed by atoms with van der Waals surface area (Å²) in [7, 11) is 0. The summed E-state index contributed by atoms with van der Waals surface area (Å²) in [4.78, 5) is 23.6. The van der Waals surface area contributed by atoms with Crippen molar-refractivity contribution in [1.29, 1.82) is 0 Å². The summed E-state index contributed by atoms with van der Waals surface area (Å²) in [6.07, 6.45) is 4.15. The number of nitrogens with one attached hydrogen (secondary N) is 2. The largest absolute Gasteiger partial charge is 0.479 e. The number of carbonyl (C=O) groups is 2. The van der Waals surface area contributed by atoms with Crippen LogP contribution in [0.25, 0.3) is 0 Å². The first-order valence-corrected chi connectivity index (χ1v) is 7.01. The number of ether oxygens (including phenoxy) is 1. The Kier molecular flexibility index (Phi) is 3.34. The molecule has 1 heterocycles. The van der Waals surface area contributed by atoms with Crippen LogP contribution in [0.4, 0.5) is 11.4 Å². The number of fused-ring (bicyclic) bond motifs is 1. The first-order valence-electron chi connectivity index (χ1n) is 7.01. The monoisotopic (exact) mass is 274 g/mol. The molecule has 0 atom stereocenters. The van der Waals surface area contributed by atoms with Crippen LogP contribution < -0.4 is 15.4 Å². The third-order valence-corrected chi connectivity index (χ3v) is 3.84. The predicted octanol–water partition coefficient (Wildman–Crippen LogP) is 2.45. The Morgan fingerprint density at radius 1 is 1.35 bits per heavy atom. The number of hydrogen-bond donors (Lipinski definition) is 2. The Hall–Kier alpha value is -2.04. The Balaban J connectivity index is 1.85. The van der Waals surface area contributed by atoms with Crippen molar-refractivity contribution in [2.75, 3.05) is 17.2 Å². The van der Waals surface area contributed by atoms with E-state index in [4.69, 9.17) is 4.74 Å². The molecule has 2 amide bonds. The molecule has 0 bridgehead atoms. The first kappa shape index (κ1) is 13.0. The smallest absolute Gasteiger partial charge is 0.262 e. The van der Waals surface area contributed by atoms with Gasteiger partial charge in [-0.1, -0.05) is 12.8 Å². The molecule has 0 unspecified atom stereocenters. The molecular formula is C15H18N2O3. The molecule has 3 rings (SSSR count). The molecule has 2 N–H and O–H groups in total. The number of rotatable bonds is 2. The highest BCUT2D eigenvalue weighted by Gasteiger charge is 2.25. The van der Waals surface area contributed by atoms with Crippen LogP contribution in [0.1, 0.15) is 31.2 Å². The van der Waals surface area contributed by atoms with Gasteiger partial charge in [-0.25, -0.2) is 0 Å². The van der Waals surface area contributed by atoms with Crippen molar-refractivity contribution < 1.29 is 14.3 Å². The molecule has 5 heteroatoms. The molecule has 2 aliphatic rings. The highest BCUT2D eigenvalue weighted by Crippen LogP contribution is 2.37. The van der Waals surface area contributed by atoms with Crippen molar-refractivity contribution in [2.45, 2.75) is 32.6 Å². The maximum Gasteiger partial charge on any atom is 0.262 e. The summed E-state index contributed by atoms with van der Waals surface area (Å²) in [5, 5.41) is 5.72. The Bertz CT molecular complexity index is 562. The summed E-state index contributed by atoms with van der Waals surface area (Å²) < 4.78 is 5.46. The normalized spacial score (nSPS) is 18.1. The Labute approximate surface area is 117 Å². The second-order valence-electron chi connectivity index (χ2n) is 5.50. The molecule has 1 saturated carbocycles. The fourth-order valence-corrected chi connectivity index (χ4v) is 2.86. The number of anilines is 2. The second kappa shape index (κ2) is 5.15. The summed E-state index contributed by atoms with van der Waals surface area (Å²) in [5.41, 5.74) is 2.25. The van der Waals surface area contributed by atoms with E-state index in [0.717, 1.165) is 31.2 Å². The molecule has 1 fully saturated rings. The van der Waals surface area contributed by atoms with E-state index in [-0.39, 0.29) is 24.3 Å². The maximum atomic E-state index is 12.2. The molecular weight excluding hydrogens is 256 g/mol. The van der Waals surface area contributed by atoms with E-state index in [9.17, 15) is 9.59 Å². The highest BCUT2D eigenvalue weighted by atomic mass is 16.5. The van der Waals surface area contributed by atoms with Gasteiger partial charge in [0.1, 0.15) is 0 Å². The van der Waals surface area contributed by atoms with Crippen LogP contribution in [-0.2, 0) is 9.59 Å². The number of benzene rings is 1. The van der Waals surface area contributed by atoms with Crippen LogP contribution in [0.2, 0.25) is 0 Å². The van der Waals surface area contributed by atoms with E-state index >= 15 is 0 Å². The molecule has 0 aromatic heterocycles. The van der Waals surface area contributed by atoms with Crippen LogP contribution in [0.3, 0.4) is 0 Å². The van der Waals surface area contributed by atoms with Gasteiger partial charge in [0.2, 0.25) is 5.91 Å². The van der Waals surface area contributed by atoms with Gasteiger partial charge in [-0.15, -0.1) is 0 Å². The molecule has 20 heavy (non-hydrogen) atoms. The van der Waals surface area contributed by atoms with E-state index in [1.54, 1.807) is 0 Å². The minimum atomic E-state index is -0.170. The number of carbonyl (C=O) groups excluding carboxylic acids is 2. The van der Waals surface area contributed by atoms with Crippen molar-refractivity contribution in [3.8, 4) is 5.75 Å². The van der Waals surface area contributed by atoms with Crippen molar-refractivity contribution >= 4 is 23.2 Å². The molecule has 0 radical (unpaired) electrons. The van der Waals surface area contributed by atoms with Crippen molar-refractivity contribution in [3.63, 3.8) is 0 Å². The lowest BCUT2D eigenvalue weighted by molar-refractivity contribution is -0.119. The minimum absolute atomic E-state index is 0.0115. The van der Waals surface area contributed by atoms with Crippen LogP contribution in [0.15, 0.2) is 12.1 Å². The second-order valence-corrected chi connectivity index (χ2v) is 5.50. The van der Waals surface area contributed by atoms with E-state index < -0.39 is 0 Å². The van der Waals surface area contributed by atoms with Crippen LogP contribution in [0.5, 0.6) is 5.75 Å². The van der Waals surface area contributed by atoms with Crippen molar-refractivity contribution in [1.82, 2.24) is 0 Å². The molecule has 1 aromatic carbocycles. The first-order chi connectivity index (χ1) is 9.63. The third-order valence-electron chi connectivity index (χ3n) is 3.84. The average molecular weight is 274 g/mol. The van der Waals surface area contributed by atoms with Gasteiger partial charge in [0.05, 0.1) is 11.4 Å². The van der Waals surface area contributed by atoms with E-state index in [1.807, 2.05) is 19.1 Å². The zero-order chi connectivity index (χ0) is 14.1. The molecule has 0 saturated heterocycles. The van der Waals surface area contributed by atoms with Crippen LogP contribution >= 0.6 is 0 Å². The summed E-state index contributed by atoms with van der Waals surface area (Å²) in [6, 6.07) is 3.72. The standard InChI is InChI=1S/C15H18N2O3/c1-9-6-11-14(20-8-13(18)16-11)12(7-9)17-15(19)10-4-2-3-5-10/h6-7,10H,2-5,8H2,1H3,(H,16,18)(H,17,19). The van der Waals surface area contributed by atoms with Crippen molar-refractivity contribution in [3.05, 3.63) is 17.7 Å². The molecule has 106 valence electrons.